The highest BCUT2D eigenvalue weighted by Gasteiger charge is 2.19. The minimum Gasteiger partial charge on any atom is -0.311 e. The Labute approximate surface area is 282 Å². The molecule has 0 radical (unpaired) electrons. The average Bonchev–Trinajstić information content (AvgIpc) is 3.54. The van der Waals surface area contributed by atoms with Gasteiger partial charge in [-0.3, -0.25) is 0 Å². The van der Waals surface area contributed by atoms with Gasteiger partial charge >= 0.3 is 0 Å². The number of anilines is 3. The second kappa shape index (κ2) is 11.9. The Hall–Kier alpha value is -6.18. The molecule has 8 aromatic carbocycles. The van der Waals surface area contributed by atoms with E-state index in [0.29, 0.717) is 0 Å². The third-order valence-corrected chi connectivity index (χ3v) is 9.72. The van der Waals surface area contributed by atoms with Crippen molar-refractivity contribution in [3.8, 4) is 44.5 Å². The number of benzene rings is 8. The van der Waals surface area contributed by atoms with Crippen molar-refractivity contribution in [1.29, 1.82) is 0 Å². The van der Waals surface area contributed by atoms with Gasteiger partial charge in [0, 0.05) is 17.1 Å². The maximum Gasteiger partial charge on any atom is 0.0462 e. The van der Waals surface area contributed by atoms with Crippen LogP contribution in [0.3, 0.4) is 0 Å². The minimum atomic E-state index is 1.02. The lowest BCUT2D eigenvalue weighted by atomic mass is 9.97. The Kier molecular flexibility index (Phi) is 6.95. The van der Waals surface area contributed by atoms with Gasteiger partial charge in [-0.2, -0.15) is 0 Å². The lowest BCUT2D eigenvalue weighted by Crippen LogP contribution is -2.09. The normalized spacial score (nSPS) is 11.7. The van der Waals surface area contributed by atoms with Gasteiger partial charge in [-0.15, -0.1) is 0 Å². The summed E-state index contributed by atoms with van der Waals surface area (Å²) < 4.78 is 0. The van der Waals surface area contributed by atoms with E-state index in [0.717, 1.165) is 23.5 Å². The summed E-state index contributed by atoms with van der Waals surface area (Å²) in [6, 6.07) is 68.3. The third-order valence-electron chi connectivity index (χ3n) is 9.72. The number of rotatable bonds is 6. The average molecular weight is 612 g/mol. The Morgan fingerprint density at radius 3 is 1.54 bits per heavy atom. The summed E-state index contributed by atoms with van der Waals surface area (Å²) in [5, 5.41) is 2.53. The van der Waals surface area contributed by atoms with Gasteiger partial charge in [-0.1, -0.05) is 146 Å². The highest BCUT2D eigenvalue weighted by Crippen LogP contribution is 2.41. The maximum absolute atomic E-state index is 2.36. The van der Waals surface area contributed by atoms with Crippen LogP contribution >= 0.6 is 0 Å². The van der Waals surface area contributed by atoms with E-state index in [4.69, 9.17) is 0 Å². The molecule has 0 saturated carbocycles. The fourth-order valence-electron chi connectivity index (χ4n) is 7.25. The van der Waals surface area contributed by atoms with Gasteiger partial charge in [0.2, 0.25) is 0 Å². The van der Waals surface area contributed by atoms with Crippen LogP contribution in [-0.4, -0.2) is 0 Å². The van der Waals surface area contributed by atoms with Gasteiger partial charge in [-0.05, 0) is 115 Å². The molecule has 1 nitrogen and oxygen atoms in total. The molecule has 1 aliphatic rings. The van der Waals surface area contributed by atoms with Crippen molar-refractivity contribution in [2.24, 2.45) is 0 Å². The van der Waals surface area contributed by atoms with E-state index >= 15 is 0 Å². The van der Waals surface area contributed by atoms with E-state index in [-0.39, 0.29) is 0 Å². The fraction of sp³-hybridized carbons (Fsp3) is 0.0213. The molecule has 0 fully saturated rings. The third kappa shape index (κ3) is 5.07. The van der Waals surface area contributed by atoms with Crippen molar-refractivity contribution in [3.63, 3.8) is 0 Å². The molecule has 0 aromatic heterocycles. The lowest BCUT2D eigenvalue weighted by Gasteiger charge is -2.26. The van der Waals surface area contributed by atoms with Gasteiger partial charge in [0.05, 0.1) is 0 Å². The van der Waals surface area contributed by atoms with Crippen LogP contribution < -0.4 is 4.90 Å². The largest absolute Gasteiger partial charge is 0.311 e. The molecule has 0 N–H and O–H groups in total. The van der Waals surface area contributed by atoms with Crippen LogP contribution in [-0.2, 0) is 6.42 Å². The zero-order valence-electron chi connectivity index (χ0n) is 26.6. The van der Waals surface area contributed by atoms with E-state index in [1.807, 2.05) is 0 Å². The van der Waals surface area contributed by atoms with Crippen LogP contribution in [0.5, 0.6) is 0 Å². The molecule has 8 aromatic rings. The highest BCUT2D eigenvalue weighted by atomic mass is 15.1. The Balaban J connectivity index is 1.09. The molecule has 1 heteroatoms. The molecule has 0 heterocycles. The predicted molar refractivity (Wildman–Crippen MR) is 203 cm³/mol. The van der Waals surface area contributed by atoms with Crippen molar-refractivity contribution >= 4 is 27.8 Å². The smallest absolute Gasteiger partial charge is 0.0462 e. The van der Waals surface area contributed by atoms with Gasteiger partial charge in [0.1, 0.15) is 0 Å². The van der Waals surface area contributed by atoms with Crippen LogP contribution in [0.25, 0.3) is 55.3 Å². The Morgan fingerprint density at radius 2 is 0.812 bits per heavy atom. The summed E-state index contributed by atoms with van der Waals surface area (Å²) in [7, 11) is 0. The first kappa shape index (κ1) is 28.1. The molecule has 9 rings (SSSR count). The topological polar surface area (TPSA) is 3.24 Å². The van der Waals surface area contributed by atoms with Crippen LogP contribution in [0, 0.1) is 0 Å². The number of hydrogen-bond acceptors (Lipinski definition) is 1. The number of nitrogens with zero attached hydrogens (tertiary/aromatic N) is 1. The molecule has 0 unspecified atom stereocenters. The monoisotopic (exact) mass is 611 g/mol. The second-order valence-electron chi connectivity index (χ2n) is 12.6. The molecule has 0 saturated heterocycles. The van der Waals surface area contributed by atoms with Crippen molar-refractivity contribution in [2.75, 3.05) is 4.90 Å². The zero-order chi connectivity index (χ0) is 31.9. The molecular weight excluding hydrogens is 579 g/mol. The first-order chi connectivity index (χ1) is 23.8. The number of fused-ring (bicyclic) bond motifs is 4. The van der Waals surface area contributed by atoms with E-state index in [1.54, 1.807) is 0 Å². The van der Waals surface area contributed by atoms with Gasteiger partial charge in [0.15, 0.2) is 0 Å². The highest BCUT2D eigenvalue weighted by molar-refractivity contribution is 5.97. The fourth-order valence-corrected chi connectivity index (χ4v) is 7.25. The van der Waals surface area contributed by atoms with Crippen molar-refractivity contribution in [3.05, 3.63) is 199 Å². The summed E-state index contributed by atoms with van der Waals surface area (Å²) in [6.07, 6.45) is 1.02. The van der Waals surface area contributed by atoms with Crippen LogP contribution in [0.15, 0.2) is 188 Å². The SMILES string of the molecule is c1ccc(-c2ccc(N(c3ccc(-c4ccc5c(c4)-c4ccccc4C5)cc3)c3ccc(-c4cccc5ccccc45)cc3)cc2)cc1. The van der Waals surface area contributed by atoms with Crippen LogP contribution in [0.2, 0.25) is 0 Å². The van der Waals surface area contributed by atoms with E-state index in [2.05, 4.69) is 193 Å². The summed E-state index contributed by atoms with van der Waals surface area (Å²) in [4.78, 5) is 2.35. The minimum absolute atomic E-state index is 1.02. The molecule has 0 aliphatic heterocycles. The number of hydrogen-bond donors (Lipinski definition) is 0. The van der Waals surface area contributed by atoms with Crippen LogP contribution in [0.4, 0.5) is 17.1 Å². The summed E-state index contributed by atoms with van der Waals surface area (Å²) in [5.41, 5.74) is 16.3. The predicted octanol–water partition coefficient (Wildman–Crippen LogP) is 12.9. The Morgan fingerprint density at radius 1 is 0.312 bits per heavy atom. The maximum atomic E-state index is 2.36. The first-order valence-corrected chi connectivity index (χ1v) is 16.6. The van der Waals surface area contributed by atoms with Gasteiger partial charge in [0.25, 0.3) is 0 Å². The molecule has 0 spiro atoms. The van der Waals surface area contributed by atoms with Gasteiger partial charge in [-0.25, -0.2) is 0 Å². The molecule has 1 aliphatic carbocycles. The molecule has 48 heavy (non-hydrogen) atoms. The van der Waals surface area contributed by atoms with E-state index in [9.17, 15) is 0 Å². The molecule has 0 amide bonds. The lowest BCUT2D eigenvalue weighted by molar-refractivity contribution is 1.26. The van der Waals surface area contributed by atoms with Crippen molar-refractivity contribution in [2.45, 2.75) is 6.42 Å². The standard InChI is InChI=1S/C47H33N/c1-2-9-33(10-3-1)34-19-25-41(26-20-34)48(43-29-23-37(24-30-43)45-16-8-13-36-11-4-6-14-44(36)45)42-27-21-35(22-28-42)38-17-18-40-31-39-12-5-7-15-46(39)47(40)32-38/h1-30,32H,31H2. The van der Waals surface area contributed by atoms with E-state index < -0.39 is 0 Å². The Bertz CT molecular complexity index is 2380. The second-order valence-corrected chi connectivity index (χ2v) is 12.6. The first-order valence-electron chi connectivity index (χ1n) is 16.6. The molecule has 0 bridgehead atoms. The van der Waals surface area contributed by atoms with E-state index in [1.165, 1.54) is 66.4 Å². The van der Waals surface area contributed by atoms with Gasteiger partial charge < -0.3 is 4.90 Å². The van der Waals surface area contributed by atoms with Crippen molar-refractivity contribution in [1.82, 2.24) is 0 Å². The summed E-state index contributed by atoms with van der Waals surface area (Å²) in [6.45, 7) is 0. The van der Waals surface area contributed by atoms with Crippen LogP contribution in [0.1, 0.15) is 11.1 Å². The van der Waals surface area contributed by atoms with Crippen molar-refractivity contribution < 1.29 is 0 Å². The molecule has 0 atom stereocenters. The zero-order valence-corrected chi connectivity index (χ0v) is 26.6. The summed E-state index contributed by atoms with van der Waals surface area (Å²) >= 11 is 0. The summed E-state index contributed by atoms with van der Waals surface area (Å²) in [5.74, 6) is 0. The molecule has 226 valence electrons. The molecular formula is C47H33N. The quantitative estimate of drug-likeness (QED) is 0.181.